The molecule has 1 unspecified atom stereocenters. The topological polar surface area (TPSA) is 29.3 Å². The third-order valence-corrected chi connectivity index (χ3v) is 5.29. The molecule has 0 fully saturated rings. The van der Waals surface area contributed by atoms with E-state index in [2.05, 4.69) is 36.8 Å². The second-order valence-corrected chi connectivity index (χ2v) is 6.40. The van der Waals surface area contributed by atoms with Gasteiger partial charge in [0.05, 0.1) is 6.04 Å². The third-order valence-electron chi connectivity index (χ3n) is 3.41. The van der Waals surface area contributed by atoms with Crippen molar-refractivity contribution in [1.82, 2.24) is 0 Å². The number of benzene rings is 2. The molecule has 5 heteroatoms. The minimum atomic E-state index is -0.237. The van der Waals surface area contributed by atoms with E-state index in [0.717, 1.165) is 26.7 Å². The molecule has 21 heavy (non-hydrogen) atoms. The lowest BCUT2D eigenvalue weighted by atomic mass is 10.0. The van der Waals surface area contributed by atoms with E-state index < -0.39 is 0 Å². The standard InChI is InChI=1S/C16H17Br2FN2/c1-2-21(13-5-3-4-12(19)9-13)16(10-20)11-6-7-14(17)15(18)8-11/h3-9,16H,2,10,20H2,1H3. The fraction of sp³-hybridized carbons (Fsp3) is 0.250. The number of hydrogen-bond donors (Lipinski definition) is 1. The van der Waals surface area contributed by atoms with Crippen LogP contribution in [0.5, 0.6) is 0 Å². The molecule has 0 aliphatic rings. The Morgan fingerprint density at radius 1 is 1.14 bits per heavy atom. The molecule has 0 aliphatic heterocycles. The van der Waals surface area contributed by atoms with Gasteiger partial charge in [-0.05, 0) is 74.7 Å². The Balaban J connectivity index is 2.39. The summed E-state index contributed by atoms with van der Waals surface area (Å²) in [6.45, 7) is 3.25. The van der Waals surface area contributed by atoms with Crippen molar-refractivity contribution < 1.29 is 4.39 Å². The Bertz CT molecular complexity index is 619. The van der Waals surface area contributed by atoms with Gasteiger partial charge in [-0.3, -0.25) is 0 Å². The lowest BCUT2D eigenvalue weighted by molar-refractivity contribution is 0.616. The van der Waals surface area contributed by atoms with Crippen LogP contribution in [-0.2, 0) is 0 Å². The monoisotopic (exact) mass is 414 g/mol. The van der Waals surface area contributed by atoms with Crippen molar-refractivity contribution in [3.05, 3.63) is 62.8 Å². The van der Waals surface area contributed by atoms with Crippen molar-refractivity contribution >= 4 is 37.5 Å². The van der Waals surface area contributed by atoms with E-state index in [4.69, 9.17) is 5.73 Å². The zero-order chi connectivity index (χ0) is 15.4. The summed E-state index contributed by atoms with van der Waals surface area (Å²) in [7, 11) is 0. The predicted octanol–water partition coefficient (Wildman–Crippen LogP) is 4.88. The number of halogens is 3. The normalized spacial score (nSPS) is 12.2. The summed E-state index contributed by atoms with van der Waals surface area (Å²) < 4.78 is 15.5. The summed E-state index contributed by atoms with van der Waals surface area (Å²) in [6, 6.07) is 12.7. The molecule has 0 aliphatic carbocycles. The van der Waals surface area contributed by atoms with Crippen LogP contribution < -0.4 is 10.6 Å². The average molecular weight is 416 g/mol. The largest absolute Gasteiger partial charge is 0.363 e. The van der Waals surface area contributed by atoms with Crippen LogP contribution in [0.25, 0.3) is 0 Å². The van der Waals surface area contributed by atoms with E-state index in [0.29, 0.717) is 6.54 Å². The first-order chi connectivity index (χ1) is 10.1. The van der Waals surface area contributed by atoms with Gasteiger partial charge < -0.3 is 10.6 Å². The van der Waals surface area contributed by atoms with Gasteiger partial charge in [-0.15, -0.1) is 0 Å². The maximum atomic E-state index is 13.5. The number of nitrogens with zero attached hydrogens (tertiary/aromatic N) is 1. The Morgan fingerprint density at radius 2 is 1.90 bits per heavy atom. The van der Waals surface area contributed by atoms with Crippen LogP contribution >= 0.6 is 31.9 Å². The molecule has 2 aromatic carbocycles. The van der Waals surface area contributed by atoms with E-state index in [1.807, 2.05) is 31.2 Å². The summed E-state index contributed by atoms with van der Waals surface area (Å²) in [5.41, 5.74) is 7.92. The molecule has 0 aromatic heterocycles. The maximum Gasteiger partial charge on any atom is 0.125 e. The third kappa shape index (κ3) is 3.84. The molecule has 0 amide bonds. The second-order valence-electron chi connectivity index (χ2n) is 4.69. The molecular formula is C16H17Br2FN2. The van der Waals surface area contributed by atoms with Crippen molar-refractivity contribution in [3.63, 3.8) is 0 Å². The molecule has 2 aromatic rings. The van der Waals surface area contributed by atoms with Gasteiger partial charge in [-0.1, -0.05) is 12.1 Å². The molecule has 1 atom stereocenters. The molecule has 0 saturated heterocycles. The summed E-state index contributed by atoms with van der Waals surface area (Å²) in [5.74, 6) is -0.237. The predicted molar refractivity (Wildman–Crippen MR) is 93.1 cm³/mol. The molecule has 2 nitrogen and oxygen atoms in total. The first kappa shape index (κ1) is 16.5. The van der Waals surface area contributed by atoms with E-state index in [1.165, 1.54) is 6.07 Å². The number of anilines is 1. The maximum absolute atomic E-state index is 13.5. The van der Waals surface area contributed by atoms with Gasteiger partial charge in [0.2, 0.25) is 0 Å². The van der Waals surface area contributed by atoms with Crippen molar-refractivity contribution in [2.24, 2.45) is 5.73 Å². The lowest BCUT2D eigenvalue weighted by Gasteiger charge is -2.32. The van der Waals surface area contributed by atoms with Crippen molar-refractivity contribution in [2.75, 3.05) is 18.0 Å². The van der Waals surface area contributed by atoms with Crippen molar-refractivity contribution in [2.45, 2.75) is 13.0 Å². The Hall–Kier alpha value is -0.910. The summed E-state index contributed by atoms with van der Waals surface area (Å²) in [5, 5.41) is 0. The molecule has 0 radical (unpaired) electrons. The highest BCUT2D eigenvalue weighted by atomic mass is 79.9. The van der Waals surface area contributed by atoms with Crippen LogP contribution in [0, 0.1) is 5.82 Å². The van der Waals surface area contributed by atoms with Gasteiger partial charge in [0.1, 0.15) is 5.82 Å². The lowest BCUT2D eigenvalue weighted by Crippen LogP contribution is -2.33. The van der Waals surface area contributed by atoms with Gasteiger partial charge >= 0.3 is 0 Å². The molecule has 0 bridgehead atoms. The average Bonchev–Trinajstić information content (AvgIpc) is 2.47. The van der Waals surface area contributed by atoms with E-state index in [1.54, 1.807) is 12.1 Å². The summed E-state index contributed by atoms with van der Waals surface area (Å²) in [6.07, 6.45) is 0. The fourth-order valence-electron chi connectivity index (χ4n) is 2.40. The number of hydrogen-bond acceptors (Lipinski definition) is 2. The SMILES string of the molecule is CCN(c1cccc(F)c1)C(CN)c1ccc(Br)c(Br)c1. The quantitative estimate of drug-likeness (QED) is 0.754. The highest BCUT2D eigenvalue weighted by Gasteiger charge is 2.19. The first-order valence-corrected chi connectivity index (χ1v) is 8.32. The zero-order valence-electron chi connectivity index (χ0n) is 11.7. The summed E-state index contributed by atoms with van der Waals surface area (Å²) >= 11 is 6.98. The molecule has 0 saturated carbocycles. The van der Waals surface area contributed by atoms with Gasteiger partial charge in [-0.25, -0.2) is 4.39 Å². The van der Waals surface area contributed by atoms with Crippen LogP contribution in [0.2, 0.25) is 0 Å². The number of nitrogens with two attached hydrogens (primary N) is 1. The molecule has 0 spiro atoms. The van der Waals surface area contributed by atoms with Crippen LogP contribution in [0.1, 0.15) is 18.5 Å². The number of rotatable bonds is 5. The minimum absolute atomic E-state index is 0.00111. The van der Waals surface area contributed by atoms with E-state index in [9.17, 15) is 4.39 Å². The van der Waals surface area contributed by atoms with Crippen LogP contribution in [-0.4, -0.2) is 13.1 Å². The Labute approximate surface area is 141 Å². The molecule has 112 valence electrons. The summed E-state index contributed by atoms with van der Waals surface area (Å²) in [4.78, 5) is 2.11. The molecular weight excluding hydrogens is 399 g/mol. The molecule has 2 rings (SSSR count). The van der Waals surface area contributed by atoms with Crippen molar-refractivity contribution in [1.29, 1.82) is 0 Å². The Kier molecular flexibility index (Phi) is 5.79. The Morgan fingerprint density at radius 3 is 2.48 bits per heavy atom. The second kappa shape index (κ2) is 7.38. The van der Waals surface area contributed by atoms with Gasteiger partial charge in [0, 0.05) is 27.7 Å². The molecule has 2 N–H and O–H groups in total. The first-order valence-electron chi connectivity index (χ1n) is 6.74. The van der Waals surface area contributed by atoms with E-state index >= 15 is 0 Å². The van der Waals surface area contributed by atoms with E-state index in [-0.39, 0.29) is 11.9 Å². The highest BCUT2D eigenvalue weighted by Crippen LogP contribution is 2.31. The van der Waals surface area contributed by atoms with Crippen LogP contribution in [0.15, 0.2) is 51.4 Å². The molecule has 0 heterocycles. The fourth-order valence-corrected chi connectivity index (χ4v) is 3.04. The van der Waals surface area contributed by atoms with Gasteiger partial charge in [0.25, 0.3) is 0 Å². The van der Waals surface area contributed by atoms with Crippen molar-refractivity contribution in [3.8, 4) is 0 Å². The minimum Gasteiger partial charge on any atom is -0.363 e. The van der Waals surface area contributed by atoms with Crippen LogP contribution in [0.4, 0.5) is 10.1 Å². The van der Waals surface area contributed by atoms with Crippen LogP contribution in [0.3, 0.4) is 0 Å². The van der Waals surface area contributed by atoms with Gasteiger partial charge in [0.15, 0.2) is 0 Å². The zero-order valence-corrected chi connectivity index (χ0v) is 14.9. The number of likely N-dealkylation sites (N-methyl/N-ethyl adjacent to an activating group) is 1. The van der Waals surface area contributed by atoms with Gasteiger partial charge in [-0.2, -0.15) is 0 Å². The highest BCUT2D eigenvalue weighted by molar-refractivity contribution is 9.13. The smallest absolute Gasteiger partial charge is 0.125 e.